The summed E-state index contributed by atoms with van der Waals surface area (Å²) >= 11 is 5.75. The lowest BCUT2D eigenvalue weighted by molar-refractivity contribution is 0.0697. The third-order valence-electron chi connectivity index (χ3n) is 1.66. The number of hydrogen-bond acceptors (Lipinski definition) is 3. The fraction of sp³-hybridized carbons (Fsp3) is 0. The Hall–Kier alpha value is -1.55. The Labute approximate surface area is 77.7 Å². The highest BCUT2D eigenvalue weighted by Crippen LogP contribution is 2.24. The first-order chi connectivity index (χ1) is 6.18. The number of aromatic carboxylic acids is 1. The molecule has 1 aromatic heterocycles. The van der Waals surface area contributed by atoms with Crippen molar-refractivity contribution in [1.82, 2.24) is 5.16 Å². The van der Waals surface area contributed by atoms with Gasteiger partial charge in [0.05, 0.1) is 16.8 Å². The molecule has 2 aromatic rings. The number of benzene rings is 1. The number of hydrogen-bond donors (Lipinski definition) is 1. The second-order valence-electron chi connectivity index (χ2n) is 2.51. The molecule has 0 saturated heterocycles. The first-order valence-electron chi connectivity index (χ1n) is 3.45. The van der Waals surface area contributed by atoms with Crippen LogP contribution in [-0.4, -0.2) is 16.2 Å². The lowest BCUT2D eigenvalue weighted by atomic mass is 10.2. The number of carboxylic acids is 1. The van der Waals surface area contributed by atoms with Crippen LogP contribution in [0.4, 0.5) is 0 Å². The Morgan fingerprint density at radius 1 is 1.54 bits per heavy atom. The normalized spacial score (nSPS) is 10.5. The van der Waals surface area contributed by atoms with Crippen LogP contribution >= 0.6 is 11.6 Å². The summed E-state index contributed by atoms with van der Waals surface area (Å²) in [4.78, 5) is 10.6. The van der Waals surface area contributed by atoms with Gasteiger partial charge in [0, 0.05) is 5.39 Å². The van der Waals surface area contributed by atoms with Crippen molar-refractivity contribution < 1.29 is 14.4 Å². The molecule has 1 aromatic carbocycles. The maximum Gasteiger partial charge on any atom is 0.335 e. The number of rotatable bonds is 1. The molecule has 0 saturated carbocycles. The van der Waals surface area contributed by atoms with Crippen molar-refractivity contribution in [2.75, 3.05) is 0 Å². The molecule has 0 aliphatic heterocycles. The van der Waals surface area contributed by atoms with Crippen LogP contribution < -0.4 is 0 Å². The van der Waals surface area contributed by atoms with E-state index in [1.54, 1.807) is 0 Å². The monoisotopic (exact) mass is 197 g/mol. The van der Waals surface area contributed by atoms with E-state index >= 15 is 0 Å². The maximum atomic E-state index is 10.6. The Kier molecular flexibility index (Phi) is 1.70. The summed E-state index contributed by atoms with van der Waals surface area (Å²) in [6.45, 7) is 0. The lowest BCUT2D eigenvalue weighted by Gasteiger charge is -1.94. The summed E-state index contributed by atoms with van der Waals surface area (Å²) in [5, 5.41) is 13.1. The summed E-state index contributed by atoms with van der Waals surface area (Å²) in [5.74, 6) is -1.02. The van der Waals surface area contributed by atoms with Gasteiger partial charge in [-0.05, 0) is 12.1 Å². The topological polar surface area (TPSA) is 63.3 Å². The Morgan fingerprint density at radius 3 is 3.00 bits per heavy atom. The van der Waals surface area contributed by atoms with Crippen molar-refractivity contribution in [3.8, 4) is 0 Å². The van der Waals surface area contributed by atoms with Crippen LogP contribution in [0.1, 0.15) is 10.4 Å². The number of fused-ring (bicyclic) bond motifs is 1. The molecule has 13 heavy (non-hydrogen) atoms. The molecule has 0 bridgehead atoms. The number of aromatic nitrogens is 1. The highest BCUT2D eigenvalue weighted by Gasteiger charge is 2.10. The number of nitrogens with zero attached hydrogens (tertiary/aromatic N) is 1. The van der Waals surface area contributed by atoms with Crippen LogP contribution in [0.3, 0.4) is 0 Å². The SMILES string of the molecule is O=C(O)c1cc(Cl)c2oncc2c1. The van der Waals surface area contributed by atoms with Crippen LogP contribution in [0.2, 0.25) is 5.02 Å². The second kappa shape index (κ2) is 2.74. The molecule has 2 rings (SSSR count). The number of carboxylic acid groups (broad SMARTS) is 1. The summed E-state index contributed by atoms with van der Waals surface area (Å²) in [6.07, 6.45) is 1.42. The second-order valence-corrected chi connectivity index (χ2v) is 2.91. The Morgan fingerprint density at radius 2 is 2.31 bits per heavy atom. The van der Waals surface area contributed by atoms with Gasteiger partial charge in [-0.3, -0.25) is 0 Å². The van der Waals surface area contributed by atoms with Crippen LogP contribution in [0, 0.1) is 0 Å². The molecular weight excluding hydrogens is 194 g/mol. The van der Waals surface area contributed by atoms with Crippen LogP contribution in [0.15, 0.2) is 22.9 Å². The zero-order valence-electron chi connectivity index (χ0n) is 6.32. The van der Waals surface area contributed by atoms with E-state index in [4.69, 9.17) is 21.2 Å². The number of halogens is 1. The highest BCUT2D eigenvalue weighted by molar-refractivity contribution is 6.35. The largest absolute Gasteiger partial charge is 0.478 e. The van der Waals surface area contributed by atoms with Gasteiger partial charge in [-0.25, -0.2) is 4.79 Å². The molecule has 5 heteroatoms. The molecule has 0 fully saturated rings. The van der Waals surface area contributed by atoms with Crippen LogP contribution in [-0.2, 0) is 0 Å². The molecule has 1 heterocycles. The smallest absolute Gasteiger partial charge is 0.335 e. The summed E-state index contributed by atoms with van der Waals surface area (Å²) in [6, 6.07) is 2.79. The van der Waals surface area contributed by atoms with E-state index in [0.717, 1.165) is 0 Å². The minimum atomic E-state index is -1.02. The zero-order valence-corrected chi connectivity index (χ0v) is 7.08. The van der Waals surface area contributed by atoms with Crippen molar-refractivity contribution in [3.63, 3.8) is 0 Å². The van der Waals surface area contributed by atoms with Crippen molar-refractivity contribution in [1.29, 1.82) is 0 Å². The predicted octanol–water partition coefficient (Wildman–Crippen LogP) is 2.18. The minimum Gasteiger partial charge on any atom is -0.478 e. The average Bonchev–Trinajstić information content (AvgIpc) is 2.51. The van der Waals surface area contributed by atoms with E-state index in [1.807, 2.05) is 0 Å². The van der Waals surface area contributed by atoms with Crippen molar-refractivity contribution >= 4 is 28.5 Å². The van der Waals surface area contributed by atoms with E-state index < -0.39 is 5.97 Å². The van der Waals surface area contributed by atoms with Gasteiger partial charge in [0.2, 0.25) is 0 Å². The van der Waals surface area contributed by atoms with Crippen LogP contribution in [0.25, 0.3) is 11.0 Å². The molecule has 0 aliphatic carbocycles. The van der Waals surface area contributed by atoms with Gasteiger partial charge < -0.3 is 9.63 Å². The van der Waals surface area contributed by atoms with Crippen molar-refractivity contribution in [2.45, 2.75) is 0 Å². The van der Waals surface area contributed by atoms with Gasteiger partial charge in [0.15, 0.2) is 5.58 Å². The van der Waals surface area contributed by atoms with E-state index in [0.29, 0.717) is 11.0 Å². The third-order valence-corrected chi connectivity index (χ3v) is 1.94. The first-order valence-corrected chi connectivity index (χ1v) is 3.83. The molecule has 0 amide bonds. The maximum absolute atomic E-state index is 10.6. The average molecular weight is 198 g/mol. The third kappa shape index (κ3) is 1.25. The fourth-order valence-corrected chi connectivity index (χ4v) is 1.33. The van der Waals surface area contributed by atoms with Gasteiger partial charge in [-0.15, -0.1) is 0 Å². The molecule has 0 unspecified atom stereocenters. The molecule has 0 radical (unpaired) electrons. The standard InChI is InChI=1S/C8H4ClNO3/c9-6-2-4(8(11)12)1-5-3-10-13-7(5)6/h1-3H,(H,11,12). The van der Waals surface area contributed by atoms with E-state index in [1.165, 1.54) is 18.3 Å². The van der Waals surface area contributed by atoms with Crippen molar-refractivity contribution in [2.24, 2.45) is 0 Å². The molecular formula is C8H4ClNO3. The predicted molar refractivity (Wildman–Crippen MR) is 46.0 cm³/mol. The molecule has 1 N–H and O–H groups in total. The molecule has 4 nitrogen and oxygen atoms in total. The summed E-state index contributed by atoms with van der Waals surface area (Å²) in [7, 11) is 0. The Balaban J connectivity index is 2.77. The van der Waals surface area contributed by atoms with Crippen LogP contribution in [0.5, 0.6) is 0 Å². The van der Waals surface area contributed by atoms with Gasteiger partial charge in [0.25, 0.3) is 0 Å². The summed E-state index contributed by atoms with van der Waals surface area (Å²) < 4.78 is 4.81. The zero-order chi connectivity index (χ0) is 9.42. The van der Waals surface area contributed by atoms with Gasteiger partial charge in [-0.1, -0.05) is 16.8 Å². The van der Waals surface area contributed by atoms with Gasteiger partial charge in [0.1, 0.15) is 0 Å². The van der Waals surface area contributed by atoms with Gasteiger partial charge in [-0.2, -0.15) is 0 Å². The molecule has 0 aliphatic rings. The van der Waals surface area contributed by atoms with Crippen molar-refractivity contribution in [3.05, 3.63) is 28.9 Å². The quantitative estimate of drug-likeness (QED) is 0.761. The van der Waals surface area contributed by atoms with E-state index in [9.17, 15) is 4.79 Å². The van der Waals surface area contributed by atoms with Gasteiger partial charge >= 0.3 is 5.97 Å². The molecule has 0 spiro atoms. The van der Waals surface area contributed by atoms with E-state index in [2.05, 4.69) is 5.16 Å². The summed E-state index contributed by atoms with van der Waals surface area (Å²) in [5.41, 5.74) is 0.535. The highest BCUT2D eigenvalue weighted by atomic mass is 35.5. The van der Waals surface area contributed by atoms with E-state index in [-0.39, 0.29) is 10.6 Å². The Bertz CT molecular complexity index is 477. The fourth-order valence-electron chi connectivity index (χ4n) is 1.07. The number of carbonyl (C=O) groups is 1. The lowest BCUT2D eigenvalue weighted by Crippen LogP contribution is -1.95. The first kappa shape index (κ1) is 8.07. The molecule has 0 atom stereocenters. The molecule has 66 valence electrons. The minimum absolute atomic E-state index is 0.126.